The van der Waals surface area contributed by atoms with Crippen LogP contribution in [-0.4, -0.2) is 23.9 Å². The van der Waals surface area contributed by atoms with Crippen LogP contribution in [0, 0.1) is 39.7 Å². The van der Waals surface area contributed by atoms with E-state index in [1.54, 1.807) is 6.92 Å². The number of aryl methyl sites for hydroxylation is 1. The number of nitrogens with zero attached hydrogens (tertiary/aromatic N) is 2. The first-order chi connectivity index (χ1) is 13.4. The van der Waals surface area contributed by atoms with Crippen molar-refractivity contribution in [3.05, 3.63) is 39.4 Å². The normalized spacial score (nSPS) is 23.7. The zero-order valence-corrected chi connectivity index (χ0v) is 16.9. The van der Waals surface area contributed by atoms with Gasteiger partial charge in [0.2, 0.25) is 0 Å². The van der Waals surface area contributed by atoms with Crippen LogP contribution in [-0.2, 0) is 9.47 Å². The van der Waals surface area contributed by atoms with Crippen LogP contribution < -0.4 is 0 Å². The third kappa shape index (κ3) is 4.53. The molecule has 0 radical (unpaired) electrons. The maximum absolute atomic E-state index is 10.3. The molecule has 4 rings (SSSR count). The lowest BCUT2D eigenvalue weighted by Gasteiger charge is -2.41. The second kappa shape index (κ2) is 8.59. The SMILES string of the molecule is CCCCC1CC2(CCC13CC3)OCCO2.Cc1cc(C#N)ccc1[N+](=O)[O-]. The predicted molar refractivity (Wildman–Crippen MR) is 106 cm³/mol. The fourth-order valence-corrected chi connectivity index (χ4v) is 4.70. The van der Waals surface area contributed by atoms with Gasteiger partial charge in [0, 0.05) is 24.5 Å². The molecule has 28 heavy (non-hydrogen) atoms. The highest BCUT2D eigenvalue weighted by Gasteiger charge is 2.56. The average molecular weight is 386 g/mol. The Balaban J connectivity index is 0.000000169. The first kappa shape index (κ1) is 20.8. The van der Waals surface area contributed by atoms with Gasteiger partial charge in [0.25, 0.3) is 5.69 Å². The number of hydrogen-bond acceptors (Lipinski definition) is 5. The number of nitro benzene ring substituents is 1. The van der Waals surface area contributed by atoms with E-state index in [1.807, 2.05) is 6.07 Å². The lowest BCUT2D eigenvalue weighted by atomic mass is 9.71. The van der Waals surface area contributed by atoms with E-state index in [-0.39, 0.29) is 11.5 Å². The smallest absolute Gasteiger partial charge is 0.272 e. The van der Waals surface area contributed by atoms with Crippen LogP contribution >= 0.6 is 0 Å². The second-order valence-electron chi connectivity index (χ2n) is 8.38. The Morgan fingerprint density at radius 3 is 2.46 bits per heavy atom. The van der Waals surface area contributed by atoms with Crippen molar-refractivity contribution in [2.75, 3.05) is 13.2 Å². The van der Waals surface area contributed by atoms with Gasteiger partial charge in [-0.2, -0.15) is 5.26 Å². The summed E-state index contributed by atoms with van der Waals surface area (Å²) in [6, 6.07) is 6.19. The summed E-state index contributed by atoms with van der Waals surface area (Å²) in [5, 5.41) is 18.8. The highest BCUT2D eigenvalue weighted by atomic mass is 16.7. The molecule has 6 nitrogen and oxygen atoms in total. The number of unbranched alkanes of at least 4 members (excludes halogenated alkanes) is 1. The van der Waals surface area contributed by atoms with Crippen LogP contribution in [0.15, 0.2) is 18.2 Å². The summed E-state index contributed by atoms with van der Waals surface area (Å²) >= 11 is 0. The minimum Gasteiger partial charge on any atom is -0.348 e. The maximum atomic E-state index is 10.3. The maximum Gasteiger partial charge on any atom is 0.272 e. The largest absolute Gasteiger partial charge is 0.348 e. The van der Waals surface area contributed by atoms with E-state index in [1.165, 1.54) is 63.1 Å². The van der Waals surface area contributed by atoms with Gasteiger partial charge >= 0.3 is 0 Å². The lowest BCUT2D eigenvalue weighted by molar-refractivity contribution is -0.385. The summed E-state index contributed by atoms with van der Waals surface area (Å²) in [5.74, 6) is 0.714. The number of ether oxygens (including phenoxy) is 2. The molecule has 1 saturated heterocycles. The Labute approximate surface area is 167 Å². The Morgan fingerprint density at radius 2 is 1.93 bits per heavy atom. The second-order valence-corrected chi connectivity index (χ2v) is 8.38. The van der Waals surface area contributed by atoms with Crippen LogP contribution in [0.1, 0.15) is 69.4 Å². The third-order valence-electron chi connectivity index (χ3n) is 6.56. The number of nitriles is 1. The van der Waals surface area contributed by atoms with Crippen molar-refractivity contribution < 1.29 is 14.4 Å². The van der Waals surface area contributed by atoms with Crippen LogP contribution in [0.3, 0.4) is 0 Å². The Morgan fingerprint density at radius 1 is 1.25 bits per heavy atom. The van der Waals surface area contributed by atoms with Crippen molar-refractivity contribution in [3.63, 3.8) is 0 Å². The highest BCUT2D eigenvalue weighted by Crippen LogP contribution is 2.63. The quantitative estimate of drug-likeness (QED) is 0.519. The molecule has 2 aliphatic carbocycles. The van der Waals surface area contributed by atoms with E-state index in [0.717, 1.165) is 31.0 Å². The van der Waals surface area contributed by atoms with Gasteiger partial charge in [0.1, 0.15) is 0 Å². The first-order valence-corrected chi connectivity index (χ1v) is 10.4. The standard InChI is InChI=1S/C14H24O2.C8H6N2O2/c1-2-3-4-12-11-14(15-9-10-16-14)8-7-13(12)5-6-13;1-6-4-7(5-9)2-3-8(6)10(11)12/h12H,2-11H2,1H3;2-4H,1H3. The van der Waals surface area contributed by atoms with Gasteiger partial charge < -0.3 is 9.47 Å². The molecule has 3 aliphatic rings. The van der Waals surface area contributed by atoms with Crippen molar-refractivity contribution in [2.24, 2.45) is 11.3 Å². The Hall–Kier alpha value is -1.97. The molecular weight excluding hydrogens is 356 g/mol. The molecule has 0 N–H and O–H groups in total. The summed E-state index contributed by atoms with van der Waals surface area (Å²) in [6.45, 7) is 5.53. The number of rotatable bonds is 4. The highest BCUT2D eigenvalue weighted by molar-refractivity contribution is 5.45. The molecule has 2 saturated carbocycles. The van der Waals surface area contributed by atoms with Crippen LogP contribution in [0.2, 0.25) is 0 Å². The molecule has 1 atom stereocenters. The summed E-state index contributed by atoms with van der Waals surface area (Å²) in [6.07, 6.45) is 10.7. The summed E-state index contributed by atoms with van der Waals surface area (Å²) in [7, 11) is 0. The fraction of sp³-hybridized carbons (Fsp3) is 0.682. The molecule has 1 aromatic rings. The van der Waals surface area contributed by atoms with Crippen molar-refractivity contribution >= 4 is 5.69 Å². The Kier molecular flexibility index (Phi) is 6.36. The van der Waals surface area contributed by atoms with Crippen LogP contribution in [0.25, 0.3) is 0 Å². The van der Waals surface area contributed by atoms with E-state index < -0.39 is 4.92 Å². The van der Waals surface area contributed by atoms with Gasteiger partial charge in [0.05, 0.1) is 29.8 Å². The minimum atomic E-state index is -0.462. The molecule has 3 fully saturated rings. The summed E-state index contributed by atoms with van der Waals surface area (Å²) < 4.78 is 11.8. The topological polar surface area (TPSA) is 85.4 Å². The molecule has 1 heterocycles. The average Bonchev–Trinajstić information content (AvgIpc) is 3.33. The molecule has 152 valence electrons. The van der Waals surface area contributed by atoms with Crippen molar-refractivity contribution in [1.29, 1.82) is 5.26 Å². The van der Waals surface area contributed by atoms with E-state index in [0.29, 0.717) is 11.1 Å². The zero-order chi connectivity index (χ0) is 20.2. The first-order valence-electron chi connectivity index (χ1n) is 10.4. The number of benzene rings is 1. The monoisotopic (exact) mass is 386 g/mol. The van der Waals surface area contributed by atoms with Gasteiger partial charge in [-0.3, -0.25) is 10.1 Å². The van der Waals surface area contributed by atoms with Gasteiger partial charge in [-0.1, -0.05) is 19.8 Å². The molecular formula is C22H30N2O4. The summed E-state index contributed by atoms with van der Waals surface area (Å²) in [4.78, 5) is 9.88. The summed E-state index contributed by atoms with van der Waals surface area (Å²) in [5.41, 5.74) is 1.72. The van der Waals surface area contributed by atoms with Gasteiger partial charge in [-0.05, 0) is 56.1 Å². The van der Waals surface area contributed by atoms with Crippen molar-refractivity contribution in [3.8, 4) is 6.07 Å². The minimum absolute atomic E-state index is 0.0500. The van der Waals surface area contributed by atoms with Crippen molar-refractivity contribution in [1.82, 2.24) is 0 Å². The molecule has 0 bridgehead atoms. The van der Waals surface area contributed by atoms with E-state index in [2.05, 4.69) is 6.92 Å². The number of nitro groups is 1. The van der Waals surface area contributed by atoms with Crippen molar-refractivity contribution in [2.45, 2.75) is 71.0 Å². The molecule has 6 heteroatoms. The molecule has 1 aliphatic heterocycles. The number of hydrogen-bond donors (Lipinski definition) is 0. The van der Waals surface area contributed by atoms with Gasteiger partial charge in [0.15, 0.2) is 5.79 Å². The Bertz CT molecular complexity index is 745. The van der Waals surface area contributed by atoms with E-state index in [4.69, 9.17) is 14.7 Å². The third-order valence-corrected chi connectivity index (χ3v) is 6.56. The lowest BCUT2D eigenvalue weighted by Crippen LogP contribution is -2.41. The van der Waals surface area contributed by atoms with Crippen LogP contribution in [0.5, 0.6) is 0 Å². The van der Waals surface area contributed by atoms with E-state index >= 15 is 0 Å². The van der Waals surface area contributed by atoms with Gasteiger partial charge in [-0.15, -0.1) is 0 Å². The van der Waals surface area contributed by atoms with E-state index in [9.17, 15) is 10.1 Å². The molecule has 1 aromatic carbocycles. The van der Waals surface area contributed by atoms with Gasteiger partial charge in [-0.25, -0.2) is 0 Å². The fourth-order valence-electron chi connectivity index (χ4n) is 4.70. The van der Waals surface area contributed by atoms with Crippen LogP contribution in [0.4, 0.5) is 5.69 Å². The molecule has 0 aromatic heterocycles. The molecule has 0 amide bonds. The predicted octanol–water partition coefficient (Wildman–Crippen LogP) is 5.27. The molecule has 2 spiro atoms. The zero-order valence-electron chi connectivity index (χ0n) is 16.9. The molecule has 1 unspecified atom stereocenters.